The van der Waals surface area contributed by atoms with Crippen molar-refractivity contribution in [2.45, 2.75) is 39.7 Å². The Morgan fingerprint density at radius 2 is 1.67 bits per heavy atom. The molecule has 0 spiro atoms. The fraction of sp³-hybridized carbons (Fsp3) is 0.280. The second-order valence-electron chi connectivity index (χ2n) is 7.86. The zero-order chi connectivity index (χ0) is 21.5. The number of nitrogens with one attached hydrogen (secondary N) is 2. The van der Waals surface area contributed by atoms with Crippen molar-refractivity contribution < 1.29 is 14.0 Å². The van der Waals surface area contributed by atoms with Crippen LogP contribution in [0.3, 0.4) is 0 Å². The van der Waals surface area contributed by atoms with E-state index in [2.05, 4.69) is 36.6 Å². The molecule has 1 heterocycles. The summed E-state index contributed by atoms with van der Waals surface area (Å²) in [4.78, 5) is 25.4. The normalized spacial score (nSPS) is 11.9. The number of carbonyl (C=O) groups excluding carboxylic acids is 2. The molecule has 0 fully saturated rings. The molecule has 5 heteroatoms. The Morgan fingerprint density at radius 1 is 0.933 bits per heavy atom. The van der Waals surface area contributed by atoms with Gasteiger partial charge < -0.3 is 15.1 Å². The van der Waals surface area contributed by atoms with Gasteiger partial charge in [0.2, 0.25) is 5.91 Å². The second-order valence-corrected chi connectivity index (χ2v) is 7.86. The average Bonchev–Trinajstić information content (AvgIpc) is 3.25. The van der Waals surface area contributed by atoms with E-state index in [1.54, 1.807) is 42.7 Å². The minimum atomic E-state index is -0.336. The van der Waals surface area contributed by atoms with E-state index in [0.717, 1.165) is 12.0 Å². The molecule has 0 saturated heterocycles. The van der Waals surface area contributed by atoms with Crippen LogP contribution in [0.25, 0.3) is 0 Å². The molecule has 0 aliphatic heterocycles. The molecule has 0 radical (unpaired) electrons. The molecular weight excluding hydrogens is 376 g/mol. The van der Waals surface area contributed by atoms with Crippen LogP contribution in [-0.4, -0.2) is 11.8 Å². The predicted molar refractivity (Wildman–Crippen MR) is 118 cm³/mol. The molecule has 2 N–H and O–H groups in total. The van der Waals surface area contributed by atoms with Crippen LogP contribution in [0, 0.1) is 5.92 Å². The Hall–Kier alpha value is -3.34. The average molecular weight is 405 g/mol. The third-order valence-electron chi connectivity index (χ3n) is 4.95. The van der Waals surface area contributed by atoms with E-state index in [9.17, 15) is 9.59 Å². The van der Waals surface area contributed by atoms with Crippen LogP contribution in [0.4, 0.5) is 5.69 Å². The van der Waals surface area contributed by atoms with E-state index in [1.807, 2.05) is 19.1 Å². The molecule has 0 aliphatic rings. The lowest BCUT2D eigenvalue weighted by molar-refractivity contribution is -0.117. The van der Waals surface area contributed by atoms with E-state index in [1.165, 1.54) is 5.56 Å². The zero-order valence-electron chi connectivity index (χ0n) is 17.6. The highest BCUT2D eigenvalue weighted by atomic mass is 16.3. The van der Waals surface area contributed by atoms with Gasteiger partial charge in [-0.3, -0.25) is 9.59 Å². The minimum Gasteiger partial charge on any atom is -0.467 e. The number of anilines is 1. The molecule has 3 rings (SSSR count). The molecule has 2 amide bonds. The molecule has 30 heavy (non-hydrogen) atoms. The van der Waals surface area contributed by atoms with Gasteiger partial charge in [-0.2, -0.15) is 0 Å². The van der Waals surface area contributed by atoms with E-state index in [0.29, 0.717) is 22.9 Å². The van der Waals surface area contributed by atoms with Crippen LogP contribution < -0.4 is 10.6 Å². The highest BCUT2D eigenvalue weighted by Crippen LogP contribution is 2.22. The number of rotatable bonds is 8. The number of para-hydroxylation sites is 1. The van der Waals surface area contributed by atoms with E-state index >= 15 is 0 Å². The Bertz CT molecular complexity index is 976. The summed E-state index contributed by atoms with van der Waals surface area (Å²) in [6.07, 6.45) is 2.58. The first-order chi connectivity index (χ1) is 14.4. The molecule has 1 unspecified atom stereocenters. The molecule has 3 aromatic rings. The summed E-state index contributed by atoms with van der Waals surface area (Å²) in [6, 6.07) is 18.7. The SMILES string of the molecule is CC(C)Cc1ccc(C(C)C(=O)Nc2ccccc2C(=O)NCc2ccco2)cc1. The van der Waals surface area contributed by atoms with E-state index in [-0.39, 0.29) is 24.3 Å². The molecule has 1 aromatic heterocycles. The van der Waals surface area contributed by atoms with Crippen LogP contribution in [0.15, 0.2) is 71.3 Å². The molecule has 0 aliphatic carbocycles. The summed E-state index contributed by atoms with van der Waals surface area (Å²) < 4.78 is 5.24. The number of furan rings is 1. The third kappa shape index (κ3) is 5.60. The quantitative estimate of drug-likeness (QED) is 0.545. The Labute approximate surface area is 177 Å². The first-order valence-corrected chi connectivity index (χ1v) is 10.2. The van der Waals surface area contributed by atoms with E-state index < -0.39 is 0 Å². The van der Waals surface area contributed by atoms with Gasteiger partial charge in [-0.15, -0.1) is 0 Å². The zero-order valence-corrected chi connectivity index (χ0v) is 17.6. The molecule has 2 aromatic carbocycles. The van der Waals surface area contributed by atoms with Crippen molar-refractivity contribution in [3.63, 3.8) is 0 Å². The Kier molecular flexibility index (Phi) is 7.07. The summed E-state index contributed by atoms with van der Waals surface area (Å²) in [5, 5.41) is 5.72. The second kappa shape index (κ2) is 9.92. The van der Waals surface area contributed by atoms with Gasteiger partial charge in [0, 0.05) is 0 Å². The minimum absolute atomic E-state index is 0.155. The maximum Gasteiger partial charge on any atom is 0.253 e. The highest BCUT2D eigenvalue weighted by Gasteiger charge is 2.18. The lowest BCUT2D eigenvalue weighted by atomic mass is 9.96. The summed E-state index contributed by atoms with van der Waals surface area (Å²) in [5.74, 6) is 0.495. The van der Waals surface area contributed by atoms with Crippen molar-refractivity contribution in [2.75, 3.05) is 5.32 Å². The summed E-state index contributed by atoms with van der Waals surface area (Å²) in [7, 11) is 0. The molecule has 0 bridgehead atoms. The lowest BCUT2D eigenvalue weighted by Crippen LogP contribution is -2.25. The van der Waals surface area contributed by atoms with Crippen molar-refractivity contribution in [2.24, 2.45) is 5.92 Å². The van der Waals surface area contributed by atoms with Crippen molar-refractivity contribution in [3.05, 3.63) is 89.4 Å². The topological polar surface area (TPSA) is 71.3 Å². The third-order valence-corrected chi connectivity index (χ3v) is 4.95. The fourth-order valence-electron chi connectivity index (χ4n) is 3.27. The molecule has 0 saturated carbocycles. The van der Waals surface area contributed by atoms with E-state index in [4.69, 9.17) is 4.42 Å². The van der Waals surface area contributed by atoms with Gasteiger partial charge in [-0.1, -0.05) is 50.2 Å². The van der Waals surface area contributed by atoms with Gasteiger partial charge in [-0.25, -0.2) is 0 Å². The van der Waals surface area contributed by atoms with Crippen molar-refractivity contribution >= 4 is 17.5 Å². The highest BCUT2D eigenvalue weighted by molar-refractivity contribution is 6.05. The van der Waals surface area contributed by atoms with Crippen LogP contribution >= 0.6 is 0 Å². The van der Waals surface area contributed by atoms with Gasteiger partial charge in [0.15, 0.2) is 0 Å². The first-order valence-electron chi connectivity index (χ1n) is 10.2. The monoisotopic (exact) mass is 404 g/mol. The molecule has 1 atom stereocenters. The maximum atomic E-state index is 12.8. The number of benzene rings is 2. The van der Waals surface area contributed by atoms with Gasteiger partial charge in [-0.05, 0) is 54.7 Å². The smallest absolute Gasteiger partial charge is 0.253 e. The summed E-state index contributed by atoms with van der Waals surface area (Å²) >= 11 is 0. The first kappa shape index (κ1) is 21.4. The van der Waals surface area contributed by atoms with Crippen LogP contribution in [-0.2, 0) is 17.8 Å². The van der Waals surface area contributed by atoms with Crippen molar-refractivity contribution in [1.82, 2.24) is 5.32 Å². The fourth-order valence-corrected chi connectivity index (χ4v) is 3.27. The van der Waals surface area contributed by atoms with Crippen LogP contribution in [0.1, 0.15) is 53.9 Å². The number of hydrogen-bond acceptors (Lipinski definition) is 3. The maximum absolute atomic E-state index is 12.8. The number of hydrogen-bond donors (Lipinski definition) is 2. The van der Waals surface area contributed by atoms with Crippen LogP contribution in [0.2, 0.25) is 0 Å². The Morgan fingerprint density at radius 3 is 2.33 bits per heavy atom. The Balaban J connectivity index is 1.66. The van der Waals surface area contributed by atoms with Gasteiger partial charge in [0.1, 0.15) is 5.76 Å². The molecule has 156 valence electrons. The predicted octanol–water partition coefficient (Wildman–Crippen LogP) is 5.15. The number of carbonyl (C=O) groups is 2. The lowest BCUT2D eigenvalue weighted by Gasteiger charge is -2.16. The standard InChI is InChI=1S/C25H28N2O3/c1-17(2)15-19-10-12-20(13-11-19)18(3)24(28)27-23-9-5-4-8-22(23)25(29)26-16-21-7-6-14-30-21/h4-14,17-18H,15-16H2,1-3H3,(H,26,29)(H,27,28). The van der Waals surface area contributed by atoms with Crippen molar-refractivity contribution in [1.29, 1.82) is 0 Å². The van der Waals surface area contributed by atoms with Gasteiger partial charge >= 0.3 is 0 Å². The largest absolute Gasteiger partial charge is 0.467 e. The number of amides is 2. The van der Waals surface area contributed by atoms with Gasteiger partial charge in [0.25, 0.3) is 5.91 Å². The van der Waals surface area contributed by atoms with Gasteiger partial charge in [0.05, 0.1) is 30.0 Å². The summed E-state index contributed by atoms with van der Waals surface area (Å²) in [6.45, 7) is 6.53. The molecule has 5 nitrogen and oxygen atoms in total. The summed E-state index contributed by atoms with van der Waals surface area (Å²) in [5.41, 5.74) is 3.11. The van der Waals surface area contributed by atoms with Crippen molar-refractivity contribution in [3.8, 4) is 0 Å². The van der Waals surface area contributed by atoms with Crippen LogP contribution in [0.5, 0.6) is 0 Å². The molecular formula is C25H28N2O3.